The lowest BCUT2D eigenvalue weighted by atomic mass is 10.2. The molecule has 6 nitrogen and oxygen atoms in total. The highest BCUT2D eigenvalue weighted by atomic mass is 32.2. The number of hydrogen-bond acceptors (Lipinski definition) is 6. The first kappa shape index (κ1) is 21.9. The largest absolute Gasteiger partial charge is 0.349 e. The fourth-order valence-electron chi connectivity index (χ4n) is 2.30. The van der Waals surface area contributed by atoms with Crippen molar-refractivity contribution >= 4 is 39.0 Å². The average molecular weight is 428 g/mol. The Labute approximate surface area is 169 Å². The van der Waals surface area contributed by atoms with Gasteiger partial charge in [-0.2, -0.15) is 16.5 Å². The Balaban J connectivity index is 2.04. The van der Waals surface area contributed by atoms with Crippen LogP contribution in [0, 0.1) is 0 Å². The van der Waals surface area contributed by atoms with Crippen molar-refractivity contribution in [1.29, 1.82) is 0 Å². The third-order valence-electron chi connectivity index (χ3n) is 3.79. The number of nitrogens with zero attached hydrogens (tertiary/aromatic N) is 1. The molecular formula is C18H25N3O3S3. The smallest absolute Gasteiger partial charge is 0.241 e. The number of aromatic nitrogens is 1. The maximum atomic E-state index is 12.6. The molecule has 1 amide bonds. The lowest BCUT2D eigenvalue weighted by Crippen LogP contribution is -2.46. The summed E-state index contributed by atoms with van der Waals surface area (Å²) in [6.07, 6.45) is 2.33. The van der Waals surface area contributed by atoms with Gasteiger partial charge >= 0.3 is 0 Å². The van der Waals surface area contributed by atoms with Crippen molar-refractivity contribution in [2.45, 2.75) is 43.7 Å². The van der Waals surface area contributed by atoms with Gasteiger partial charge in [0.1, 0.15) is 6.04 Å². The first-order valence-electron chi connectivity index (χ1n) is 8.62. The van der Waals surface area contributed by atoms with Crippen LogP contribution in [0.15, 0.2) is 40.6 Å². The molecule has 0 saturated carbocycles. The van der Waals surface area contributed by atoms with Crippen molar-refractivity contribution < 1.29 is 13.2 Å². The van der Waals surface area contributed by atoms with E-state index in [9.17, 15) is 13.2 Å². The fraction of sp³-hybridized carbons (Fsp3) is 0.444. The molecule has 0 fully saturated rings. The Morgan fingerprint density at radius 1 is 1.26 bits per heavy atom. The second-order valence-corrected chi connectivity index (χ2v) is 9.91. The Bertz CT molecular complexity index is 836. The highest BCUT2D eigenvalue weighted by molar-refractivity contribution is 7.98. The summed E-state index contributed by atoms with van der Waals surface area (Å²) in [5.74, 6) is 0.665. The Morgan fingerprint density at radius 2 is 1.96 bits per heavy atom. The van der Waals surface area contributed by atoms with Crippen LogP contribution < -0.4 is 10.0 Å². The Morgan fingerprint density at radius 3 is 2.56 bits per heavy atom. The molecule has 0 saturated heterocycles. The normalized spacial score (nSPS) is 12.9. The van der Waals surface area contributed by atoms with Gasteiger partial charge in [0.15, 0.2) is 0 Å². The van der Waals surface area contributed by atoms with Gasteiger partial charge in [-0.15, -0.1) is 11.3 Å². The summed E-state index contributed by atoms with van der Waals surface area (Å²) in [5, 5.41) is 5.74. The Hall–Kier alpha value is -1.42. The molecule has 1 unspecified atom stereocenters. The van der Waals surface area contributed by atoms with Crippen LogP contribution in [-0.4, -0.2) is 37.4 Å². The van der Waals surface area contributed by atoms with Crippen LogP contribution in [0.3, 0.4) is 0 Å². The molecule has 2 aromatic rings. The van der Waals surface area contributed by atoms with Gasteiger partial charge in [0.05, 0.1) is 22.1 Å². The molecule has 0 aliphatic carbocycles. The third kappa shape index (κ3) is 6.60. The van der Waals surface area contributed by atoms with Gasteiger partial charge in [-0.05, 0) is 30.6 Å². The summed E-state index contributed by atoms with van der Waals surface area (Å²) in [4.78, 5) is 17.2. The van der Waals surface area contributed by atoms with E-state index in [4.69, 9.17) is 0 Å². The molecule has 27 heavy (non-hydrogen) atoms. The SMILES string of the molecule is CSCCC(NS(=O)(=O)c1ccccc1)C(=O)NCc1csc(C(C)C)n1. The number of nitrogens with one attached hydrogen (secondary N) is 2. The van der Waals surface area contributed by atoms with E-state index in [1.165, 1.54) is 12.1 Å². The van der Waals surface area contributed by atoms with Gasteiger partial charge in [-0.3, -0.25) is 4.79 Å². The maximum absolute atomic E-state index is 12.6. The van der Waals surface area contributed by atoms with Gasteiger partial charge in [-0.25, -0.2) is 13.4 Å². The highest BCUT2D eigenvalue weighted by Crippen LogP contribution is 2.19. The first-order chi connectivity index (χ1) is 12.8. The number of carbonyl (C=O) groups is 1. The highest BCUT2D eigenvalue weighted by Gasteiger charge is 2.25. The number of amides is 1. The summed E-state index contributed by atoms with van der Waals surface area (Å²) in [6, 6.07) is 7.24. The molecule has 2 rings (SSSR count). The zero-order valence-electron chi connectivity index (χ0n) is 15.6. The minimum absolute atomic E-state index is 0.146. The third-order valence-corrected chi connectivity index (χ3v) is 7.11. The predicted octanol–water partition coefficient (Wildman–Crippen LogP) is 2.98. The number of thioether (sulfide) groups is 1. The number of benzene rings is 1. The molecule has 0 aliphatic rings. The fourth-order valence-corrected chi connectivity index (χ4v) is 4.86. The van der Waals surface area contributed by atoms with E-state index in [1.807, 2.05) is 11.6 Å². The van der Waals surface area contributed by atoms with Gasteiger partial charge in [-0.1, -0.05) is 32.0 Å². The number of thiazole rings is 1. The Kier molecular flexibility index (Phi) is 8.28. The van der Waals surface area contributed by atoms with E-state index in [0.717, 1.165) is 10.7 Å². The molecule has 0 bridgehead atoms. The van der Waals surface area contributed by atoms with Crippen LogP contribution in [0.2, 0.25) is 0 Å². The molecule has 2 N–H and O–H groups in total. The van der Waals surface area contributed by atoms with Crippen molar-refractivity contribution in [1.82, 2.24) is 15.0 Å². The topological polar surface area (TPSA) is 88.2 Å². The second-order valence-electron chi connectivity index (χ2n) is 6.32. The number of sulfonamides is 1. The molecule has 1 atom stereocenters. The quantitative estimate of drug-likeness (QED) is 0.609. The number of carbonyl (C=O) groups excluding carboxylic acids is 1. The van der Waals surface area contributed by atoms with Gasteiger partial charge in [0.25, 0.3) is 0 Å². The monoisotopic (exact) mass is 427 g/mol. The van der Waals surface area contributed by atoms with Crippen molar-refractivity contribution in [2.24, 2.45) is 0 Å². The summed E-state index contributed by atoms with van der Waals surface area (Å²) >= 11 is 3.13. The van der Waals surface area contributed by atoms with Crippen LogP contribution in [0.1, 0.15) is 36.9 Å². The molecule has 0 radical (unpaired) electrons. The number of rotatable bonds is 10. The molecule has 1 aromatic heterocycles. The molecule has 0 spiro atoms. The van der Waals surface area contributed by atoms with Crippen LogP contribution in [-0.2, 0) is 21.4 Å². The lowest BCUT2D eigenvalue weighted by Gasteiger charge is -2.18. The minimum Gasteiger partial charge on any atom is -0.349 e. The minimum atomic E-state index is -3.76. The van der Waals surface area contributed by atoms with E-state index in [2.05, 4.69) is 28.9 Å². The summed E-state index contributed by atoms with van der Waals surface area (Å²) in [5.41, 5.74) is 0.784. The van der Waals surface area contributed by atoms with Crippen LogP contribution in [0.25, 0.3) is 0 Å². The van der Waals surface area contributed by atoms with E-state index in [0.29, 0.717) is 18.1 Å². The van der Waals surface area contributed by atoms with Gasteiger partial charge in [0, 0.05) is 11.3 Å². The maximum Gasteiger partial charge on any atom is 0.241 e. The standard InChI is InChI=1S/C18H25N3O3S3/c1-13(2)18-20-14(12-26-18)11-19-17(22)16(9-10-25-3)21-27(23,24)15-7-5-4-6-8-15/h4-8,12-13,16,21H,9-11H2,1-3H3,(H,19,22). The van der Waals surface area contributed by atoms with E-state index in [-0.39, 0.29) is 17.3 Å². The van der Waals surface area contributed by atoms with Crippen LogP contribution >= 0.6 is 23.1 Å². The van der Waals surface area contributed by atoms with Crippen molar-refractivity contribution in [3.8, 4) is 0 Å². The van der Waals surface area contributed by atoms with E-state index in [1.54, 1.807) is 41.3 Å². The molecule has 1 aromatic carbocycles. The predicted molar refractivity (Wildman–Crippen MR) is 112 cm³/mol. The van der Waals surface area contributed by atoms with Crippen molar-refractivity contribution in [2.75, 3.05) is 12.0 Å². The second kappa shape index (κ2) is 10.2. The van der Waals surface area contributed by atoms with Gasteiger partial charge in [0.2, 0.25) is 15.9 Å². The van der Waals surface area contributed by atoms with Crippen LogP contribution in [0.5, 0.6) is 0 Å². The van der Waals surface area contributed by atoms with E-state index >= 15 is 0 Å². The number of hydrogen-bond donors (Lipinski definition) is 2. The van der Waals surface area contributed by atoms with Crippen molar-refractivity contribution in [3.05, 3.63) is 46.4 Å². The zero-order chi connectivity index (χ0) is 19.9. The lowest BCUT2D eigenvalue weighted by molar-refractivity contribution is -0.122. The molecule has 1 heterocycles. The summed E-state index contributed by atoms with van der Waals surface area (Å²) in [7, 11) is -3.76. The summed E-state index contributed by atoms with van der Waals surface area (Å²) in [6.45, 7) is 4.42. The zero-order valence-corrected chi connectivity index (χ0v) is 18.1. The van der Waals surface area contributed by atoms with Gasteiger partial charge < -0.3 is 5.32 Å². The molecule has 9 heteroatoms. The molecule has 0 aliphatic heterocycles. The molecule has 148 valence electrons. The van der Waals surface area contributed by atoms with Crippen LogP contribution in [0.4, 0.5) is 0 Å². The summed E-state index contributed by atoms with van der Waals surface area (Å²) < 4.78 is 27.6. The average Bonchev–Trinajstić information content (AvgIpc) is 3.13. The molecular weight excluding hydrogens is 402 g/mol. The van der Waals surface area contributed by atoms with Crippen molar-refractivity contribution in [3.63, 3.8) is 0 Å². The van der Waals surface area contributed by atoms with E-state index < -0.39 is 16.1 Å². The first-order valence-corrected chi connectivity index (χ1v) is 12.4.